The Morgan fingerprint density at radius 2 is 0.554 bits per heavy atom. The van der Waals surface area contributed by atoms with E-state index in [0.717, 1.165) is 78.3 Å². The molecule has 0 saturated heterocycles. The molecule has 9 aromatic carbocycles. The second-order valence-electron chi connectivity index (χ2n) is 20.6. The van der Waals surface area contributed by atoms with Crippen molar-refractivity contribution in [3.63, 3.8) is 0 Å². The Morgan fingerprint density at radius 3 is 0.811 bits per heavy atom. The van der Waals surface area contributed by atoms with Gasteiger partial charge in [0, 0.05) is 48.7 Å². The summed E-state index contributed by atoms with van der Waals surface area (Å²) in [6, 6.07) is 64.3. The summed E-state index contributed by atoms with van der Waals surface area (Å²) in [6.07, 6.45) is 0. The van der Waals surface area contributed by atoms with Crippen molar-refractivity contribution < 1.29 is 0 Å². The molecule has 0 amide bonds. The Hall–Kier alpha value is -9.18. The van der Waals surface area contributed by atoms with E-state index in [0.29, 0.717) is 5.56 Å². The molecule has 5 aromatic heterocycles. The average Bonchev–Trinajstić information content (AvgIpc) is 4.16. The van der Waals surface area contributed by atoms with Crippen LogP contribution in [0.15, 0.2) is 170 Å². The first-order chi connectivity index (χ1) is 36.0. The minimum absolute atomic E-state index is 0.577. The van der Waals surface area contributed by atoms with Crippen LogP contribution in [0.2, 0.25) is 0 Å². The van der Waals surface area contributed by atoms with Crippen LogP contribution in [0.4, 0.5) is 0 Å². The molecular formula is C68H52N6. The lowest BCUT2D eigenvalue weighted by Gasteiger charge is -2.27. The molecule has 14 rings (SSSR count). The largest absolute Gasteiger partial charge is 0.305 e. The Labute approximate surface area is 429 Å². The first-order valence-corrected chi connectivity index (χ1v) is 25.6. The molecule has 0 spiro atoms. The van der Waals surface area contributed by atoms with Crippen molar-refractivity contribution in [1.82, 2.24) is 23.3 Å². The summed E-state index contributed by atoms with van der Waals surface area (Å²) in [6.45, 7) is 17.9. The molecule has 0 aliphatic carbocycles. The van der Waals surface area contributed by atoms with Crippen LogP contribution >= 0.6 is 0 Å². The molecule has 6 heteroatoms. The maximum absolute atomic E-state index is 10.9. The molecule has 0 aliphatic heterocycles. The normalized spacial score (nSPS) is 12.0. The fourth-order valence-electron chi connectivity index (χ4n) is 13.1. The molecule has 14 aromatic rings. The molecule has 0 aliphatic rings. The van der Waals surface area contributed by atoms with Gasteiger partial charge in [-0.05, 0) is 166 Å². The number of nitriles is 1. The smallest absolute Gasteiger partial charge is 0.165 e. The first-order valence-electron chi connectivity index (χ1n) is 25.6. The fraction of sp³-hybridized carbons (Fsp3) is 0.118. The van der Waals surface area contributed by atoms with Crippen LogP contribution in [0.3, 0.4) is 0 Å². The van der Waals surface area contributed by atoms with E-state index in [1.54, 1.807) is 0 Å². The quantitative estimate of drug-likeness (QED) is 0.173. The van der Waals surface area contributed by atoms with Crippen LogP contribution in [-0.4, -0.2) is 23.3 Å². The van der Waals surface area contributed by atoms with Crippen molar-refractivity contribution in [3.05, 3.63) is 220 Å². The van der Waals surface area contributed by atoms with Crippen molar-refractivity contribution in [1.29, 1.82) is 5.26 Å². The molecule has 0 N–H and O–H groups in total. The van der Waals surface area contributed by atoms with Crippen molar-refractivity contribution in [2.45, 2.75) is 55.4 Å². The molecule has 354 valence electrons. The van der Waals surface area contributed by atoms with Crippen molar-refractivity contribution in [2.75, 3.05) is 0 Å². The molecule has 6 nitrogen and oxygen atoms in total. The van der Waals surface area contributed by atoms with Crippen LogP contribution in [0, 0.1) is 66.7 Å². The number of pyridine rings is 1. The highest BCUT2D eigenvalue weighted by atomic mass is 15.2. The Kier molecular flexibility index (Phi) is 9.37. The number of aryl methyl sites for hydroxylation is 8. The second-order valence-corrected chi connectivity index (χ2v) is 20.6. The lowest BCUT2D eigenvalue weighted by molar-refractivity contribution is 0.960. The predicted molar refractivity (Wildman–Crippen MR) is 310 cm³/mol. The summed E-state index contributed by atoms with van der Waals surface area (Å²) in [7, 11) is 0. The highest BCUT2D eigenvalue weighted by molar-refractivity contribution is 6.18. The number of benzene rings is 9. The molecule has 0 bridgehead atoms. The molecule has 0 radical (unpaired) electrons. The molecule has 74 heavy (non-hydrogen) atoms. The van der Waals surface area contributed by atoms with Crippen LogP contribution in [0.25, 0.3) is 121 Å². The summed E-state index contributed by atoms with van der Waals surface area (Å²) in [5, 5.41) is 20.6. The summed E-state index contributed by atoms with van der Waals surface area (Å²) < 4.78 is 9.89. The molecule has 0 fully saturated rings. The van der Waals surface area contributed by atoms with Gasteiger partial charge in [-0.2, -0.15) is 5.26 Å². The Bertz CT molecular complexity index is 4320. The minimum atomic E-state index is 0.577. The predicted octanol–water partition coefficient (Wildman–Crippen LogP) is 17.5. The zero-order valence-corrected chi connectivity index (χ0v) is 42.8. The van der Waals surface area contributed by atoms with Crippen molar-refractivity contribution >= 4 is 87.2 Å². The van der Waals surface area contributed by atoms with Crippen LogP contribution in [0.5, 0.6) is 0 Å². The monoisotopic (exact) mass is 952 g/mol. The second kappa shape index (κ2) is 15.9. The van der Waals surface area contributed by atoms with Gasteiger partial charge in [-0.3, -0.25) is 9.13 Å². The average molecular weight is 953 g/mol. The minimum Gasteiger partial charge on any atom is -0.305 e. The lowest BCUT2D eigenvalue weighted by atomic mass is 9.98. The van der Waals surface area contributed by atoms with Gasteiger partial charge in [0.15, 0.2) is 11.6 Å². The first kappa shape index (κ1) is 43.6. The van der Waals surface area contributed by atoms with Crippen LogP contribution in [-0.2, 0) is 0 Å². The van der Waals surface area contributed by atoms with Gasteiger partial charge in [-0.25, -0.2) is 4.98 Å². The van der Waals surface area contributed by atoms with E-state index < -0.39 is 0 Å². The molecule has 5 heterocycles. The van der Waals surface area contributed by atoms with E-state index in [1.807, 2.05) is 12.1 Å². The topological polar surface area (TPSA) is 56.4 Å². The lowest BCUT2D eigenvalue weighted by Crippen LogP contribution is -2.16. The fourth-order valence-corrected chi connectivity index (χ4v) is 13.1. The molecule has 0 atom stereocenters. The third kappa shape index (κ3) is 5.84. The summed E-state index contributed by atoms with van der Waals surface area (Å²) in [5.41, 5.74) is 22.5. The molecular weight excluding hydrogens is 901 g/mol. The van der Waals surface area contributed by atoms with Gasteiger partial charge in [0.2, 0.25) is 0 Å². The van der Waals surface area contributed by atoms with Gasteiger partial charge >= 0.3 is 0 Å². The highest BCUT2D eigenvalue weighted by Crippen LogP contribution is 2.50. The zero-order chi connectivity index (χ0) is 50.4. The van der Waals surface area contributed by atoms with Gasteiger partial charge in [0.1, 0.15) is 11.4 Å². The van der Waals surface area contributed by atoms with E-state index in [1.165, 1.54) is 87.6 Å². The zero-order valence-electron chi connectivity index (χ0n) is 42.8. The molecule has 0 saturated carbocycles. The van der Waals surface area contributed by atoms with Gasteiger partial charge in [-0.15, -0.1) is 0 Å². The highest BCUT2D eigenvalue weighted by Gasteiger charge is 2.34. The van der Waals surface area contributed by atoms with E-state index in [-0.39, 0.29) is 0 Å². The number of hydrogen-bond donors (Lipinski definition) is 0. The van der Waals surface area contributed by atoms with Crippen molar-refractivity contribution in [3.8, 4) is 40.2 Å². The van der Waals surface area contributed by atoms with Crippen LogP contribution in [0.1, 0.15) is 50.1 Å². The number of fused-ring (bicyclic) bond motifs is 12. The number of aromatic nitrogens is 5. The number of nitrogens with zero attached hydrogens (tertiary/aromatic N) is 6. The van der Waals surface area contributed by atoms with E-state index >= 15 is 0 Å². The van der Waals surface area contributed by atoms with Crippen LogP contribution < -0.4 is 0 Å². The van der Waals surface area contributed by atoms with Gasteiger partial charge in [-0.1, -0.05) is 109 Å². The third-order valence-electron chi connectivity index (χ3n) is 16.2. The number of rotatable bonds is 5. The molecule has 0 unspecified atom stereocenters. The van der Waals surface area contributed by atoms with E-state index in [4.69, 9.17) is 4.98 Å². The van der Waals surface area contributed by atoms with E-state index in [9.17, 15) is 5.26 Å². The van der Waals surface area contributed by atoms with Gasteiger partial charge in [0.05, 0.1) is 55.8 Å². The van der Waals surface area contributed by atoms with E-state index in [2.05, 4.69) is 237 Å². The van der Waals surface area contributed by atoms with Crippen molar-refractivity contribution in [2.24, 2.45) is 0 Å². The van der Waals surface area contributed by atoms with Gasteiger partial charge in [0.25, 0.3) is 0 Å². The van der Waals surface area contributed by atoms with Gasteiger partial charge < -0.3 is 9.13 Å². The summed E-state index contributed by atoms with van der Waals surface area (Å²) >= 11 is 0. The Balaban J connectivity index is 1.37. The maximum atomic E-state index is 10.9. The summed E-state index contributed by atoms with van der Waals surface area (Å²) in [4.78, 5) is 6.45. The summed E-state index contributed by atoms with van der Waals surface area (Å²) in [5.74, 6) is 1.56. The SMILES string of the molecule is Cc1cccc2c1c1c(C)cccc1n2-c1nc(-n2c3cccc(C)c3c3c(C)cccc32)c(-n2c3cccc(C)c3c3c(C)cccc32)c(-c2cccc(C#N)c2)c1-n1c2cccc(C)c2c2c(C)cccc21. The Morgan fingerprint density at radius 1 is 0.311 bits per heavy atom. The third-order valence-corrected chi connectivity index (χ3v) is 16.2. The standard InChI is InChI=1S/C68H52N6/c1-38-18-9-28-48-56(38)57-39(2)19-10-29-49(57)71(48)65-64(47-27-17-26-46(36-47)37-69)66(72-50-30-11-20-40(3)58(50)59-41(4)21-12-31-51(59)72)68(74-54-34-15-24-44(7)62(54)63-45(8)25-16-35-55(63)74)70-67(65)73-52-32-13-22-42(5)60(52)61-43(6)23-14-33-53(61)73/h9-36H,1-8H3. The maximum Gasteiger partial charge on any atom is 0.165 e. The number of hydrogen-bond acceptors (Lipinski definition) is 2.